The zero-order valence-corrected chi connectivity index (χ0v) is 7.48. The minimum atomic E-state index is 0.0851. The van der Waals surface area contributed by atoms with Crippen molar-refractivity contribution < 1.29 is 9.22 Å². The Morgan fingerprint density at radius 1 is 1.30 bits per heavy atom. The van der Waals surface area contributed by atoms with Crippen molar-refractivity contribution >= 4 is 0 Å². The lowest BCUT2D eigenvalue weighted by Crippen LogP contribution is -2.56. The second-order valence-electron chi connectivity index (χ2n) is 4.43. The molecule has 0 aromatic heterocycles. The molecule has 10 heavy (non-hydrogen) atoms. The van der Waals surface area contributed by atoms with Gasteiger partial charge in [-0.25, -0.2) is 0 Å². The van der Waals surface area contributed by atoms with Gasteiger partial charge in [0.15, 0.2) is 0 Å². The Morgan fingerprint density at radius 3 is 2.20 bits per heavy atom. The third kappa shape index (κ3) is 1.96. The number of nitrogens with zero attached hydrogens (tertiary/aromatic N) is 1. The third-order valence-electron chi connectivity index (χ3n) is 2.00. The highest BCUT2D eigenvalue weighted by Crippen LogP contribution is 2.18. The van der Waals surface area contributed by atoms with Gasteiger partial charge in [0.05, 0.1) is 20.7 Å². The van der Waals surface area contributed by atoms with E-state index in [1.807, 2.05) is 0 Å². The van der Waals surface area contributed by atoms with E-state index in [9.17, 15) is 0 Å². The van der Waals surface area contributed by atoms with Crippen molar-refractivity contribution in [1.82, 2.24) is 0 Å². The summed E-state index contributed by atoms with van der Waals surface area (Å²) in [5.74, 6) is 0. The number of morpholine rings is 1. The van der Waals surface area contributed by atoms with Crippen LogP contribution in [0.15, 0.2) is 0 Å². The molecule has 0 unspecified atom stereocenters. The first-order chi connectivity index (χ1) is 4.41. The van der Waals surface area contributed by atoms with Gasteiger partial charge in [-0.3, -0.25) is 0 Å². The van der Waals surface area contributed by atoms with Crippen molar-refractivity contribution in [3.63, 3.8) is 0 Å². The largest absolute Gasteiger partial charge is 0.364 e. The lowest BCUT2D eigenvalue weighted by atomic mass is 10.1. The standard InChI is InChI=1S/C8H18NO/c1-8(2)7-9(3,4)5-6-10-8/h5-7H2,1-4H3/q+1. The molecule has 1 saturated heterocycles. The molecule has 0 aliphatic carbocycles. The lowest BCUT2D eigenvalue weighted by Gasteiger charge is -2.42. The maximum Gasteiger partial charge on any atom is 0.112 e. The number of likely N-dealkylation sites (N-methyl/N-ethyl adjacent to an activating group) is 1. The van der Waals surface area contributed by atoms with Gasteiger partial charge in [0.1, 0.15) is 18.7 Å². The van der Waals surface area contributed by atoms with Gasteiger partial charge >= 0.3 is 0 Å². The van der Waals surface area contributed by atoms with Crippen molar-refractivity contribution in [2.45, 2.75) is 19.4 Å². The van der Waals surface area contributed by atoms with Crippen molar-refractivity contribution in [2.24, 2.45) is 0 Å². The molecule has 0 bridgehead atoms. The SMILES string of the molecule is CC1(C)C[N+](C)(C)CCO1. The van der Waals surface area contributed by atoms with Crippen molar-refractivity contribution in [3.05, 3.63) is 0 Å². The summed E-state index contributed by atoms with van der Waals surface area (Å²) in [7, 11) is 4.51. The van der Waals surface area contributed by atoms with Gasteiger partial charge in [0, 0.05) is 0 Å². The van der Waals surface area contributed by atoms with E-state index in [0.717, 1.165) is 24.2 Å². The number of hydrogen-bond donors (Lipinski definition) is 0. The van der Waals surface area contributed by atoms with Crippen LogP contribution < -0.4 is 0 Å². The quantitative estimate of drug-likeness (QED) is 0.458. The van der Waals surface area contributed by atoms with E-state index in [0.29, 0.717) is 0 Å². The fourth-order valence-corrected chi connectivity index (χ4v) is 1.72. The van der Waals surface area contributed by atoms with Gasteiger partial charge < -0.3 is 9.22 Å². The molecular weight excluding hydrogens is 126 g/mol. The van der Waals surface area contributed by atoms with Gasteiger partial charge in [-0.1, -0.05) is 0 Å². The fourth-order valence-electron chi connectivity index (χ4n) is 1.72. The maximum atomic E-state index is 5.59. The number of rotatable bonds is 0. The smallest absolute Gasteiger partial charge is 0.112 e. The summed E-state index contributed by atoms with van der Waals surface area (Å²) < 4.78 is 6.68. The van der Waals surface area contributed by atoms with E-state index in [1.54, 1.807) is 0 Å². The van der Waals surface area contributed by atoms with Gasteiger partial charge in [-0.2, -0.15) is 0 Å². The highest BCUT2D eigenvalue weighted by atomic mass is 16.5. The van der Waals surface area contributed by atoms with Crippen LogP contribution in [0.4, 0.5) is 0 Å². The first-order valence-electron chi connectivity index (χ1n) is 3.87. The van der Waals surface area contributed by atoms with Crippen LogP contribution in [0.2, 0.25) is 0 Å². The van der Waals surface area contributed by atoms with Crippen LogP contribution in [0.3, 0.4) is 0 Å². The van der Waals surface area contributed by atoms with Crippen LogP contribution >= 0.6 is 0 Å². The van der Waals surface area contributed by atoms with E-state index in [-0.39, 0.29) is 5.60 Å². The predicted molar refractivity (Wildman–Crippen MR) is 41.9 cm³/mol. The summed E-state index contributed by atoms with van der Waals surface area (Å²) in [4.78, 5) is 0. The van der Waals surface area contributed by atoms with Gasteiger partial charge in [-0.05, 0) is 13.8 Å². The molecule has 0 aromatic carbocycles. The summed E-state index contributed by atoms with van der Waals surface area (Å²) in [6.45, 7) is 7.48. The molecule has 1 aliphatic rings. The average molecular weight is 144 g/mol. The Hall–Kier alpha value is -0.0800. The molecule has 0 aromatic rings. The van der Waals surface area contributed by atoms with E-state index in [4.69, 9.17) is 4.74 Å². The van der Waals surface area contributed by atoms with Gasteiger partial charge in [0.2, 0.25) is 0 Å². The summed E-state index contributed by atoms with van der Waals surface area (Å²) in [6.07, 6.45) is 0. The zero-order valence-electron chi connectivity index (χ0n) is 7.48. The zero-order chi connectivity index (χ0) is 7.83. The Bertz CT molecular complexity index is 115. The molecule has 1 heterocycles. The predicted octanol–water partition coefficient (Wildman–Crippen LogP) is 0.872. The molecule has 2 nitrogen and oxygen atoms in total. The average Bonchev–Trinajstić information content (AvgIpc) is 1.56. The second kappa shape index (κ2) is 2.21. The van der Waals surface area contributed by atoms with Gasteiger partial charge in [-0.15, -0.1) is 0 Å². The van der Waals surface area contributed by atoms with Crippen molar-refractivity contribution in [2.75, 3.05) is 33.8 Å². The molecule has 0 N–H and O–H groups in total. The topological polar surface area (TPSA) is 9.23 Å². The molecule has 1 aliphatic heterocycles. The van der Waals surface area contributed by atoms with Crippen LogP contribution in [-0.4, -0.2) is 43.9 Å². The first kappa shape index (κ1) is 8.02. The molecule has 0 amide bonds. The highest BCUT2D eigenvalue weighted by molar-refractivity contribution is 4.70. The molecule has 0 radical (unpaired) electrons. The molecule has 1 fully saturated rings. The normalized spacial score (nSPS) is 30.0. The highest BCUT2D eigenvalue weighted by Gasteiger charge is 2.33. The number of ether oxygens (including phenoxy) is 1. The van der Waals surface area contributed by atoms with Crippen LogP contribution in [0.25, 0.3) is 0 Å². The van der Waals surface area contributed by atoms with Crippen LogP contribution in [-0.2, 0) is 4.74 Å². The monoisotopic (exact) mass is 144 g/mol. The summed E-state index contributed by atoms with van der Waals surface area (Å²) in [6, 6.07) is 0. The number of quaternary nitrogens is 1. The second-order valence-corrected chi connectivity index (χ2v) is 4.43. The molecule has 0 spiro atoms. The summed E-state index contributed by atoms with van der Waals surface area (Å²) in [5.41, 5.74) is 0.0851. The minimum Gasteiger partial charge on any atom is -0.364 e. The van der Waals surface area contributed by atoms with Crippen molar-refractivity contribution in [1.29, 1.82) is 0 Å². The Labute approximate surface area is 63.4 Å². The lowest BCUT2D eigenvalue weighted by molar-refractivity contribution is -0.905. The summed E-state index contributed by atoms with van der Waals surface area (Å²) >= 11 is 0. The molecule has 0 atom stereocenters. The Balaban J connectivity index is 2.56. The van der Waals surface area contributed by atoms with Gasteiger partial charge in [0.25, 0.3) is 0 Å². The van der Waals surface area contributed by atoms with Crippen LogP contribution in [0.1, 0.15) is 13.8 Å². The summed E-state index contributed by atoms with van der Waals surface area (Å²) in [5, 5.41) is 0. The first-order valence-corrected chi connectivity index (χ1v) is 3.87. The fraction of sp³-hybridized carbons (Fsp3) is 1.00. The van der Waals surface area contributed by atoms with E-state index < -0.39 is 0 Å². The van der Waals surface area contributed by atoms with Crippen LogP contribution in [0, 0.1) is 0 Å². The third-order valence-corrected chi connectivity index (χ3v) is 2.00. The Kier molecular flexibility index (Phi) is 1.77. The number of hydrogen-bond acceptors (Lipinski definition) is 1. The maximum absolute atomic E-state index is 5.59. The molecule has 2 heteroatoms. The molecule has 0 saturated carbocycles. The van der Waals surface area contributed by atoms with E-state index in [2.05, 4.69) is 27.9 Å². The van der Waals surface area contributed by atoms with Crippen molar-refractivity contribution in [3.8, 4) is 0 Å². The van der Waals surface area contributed by atoms with Crippen LogP contribution in [0.5, 0.6) is 0 Å². The molecular formula is C8H18NO+. The van der Waals surface area contributed by atoms with E-state index >= 15 is 0 Å². The molecule has 1 rings (SSSR count). The van der Waals surface area contributed by atoms with E-state index in [1.165, 1.54) is 0 Å². The molecule has 60 valence electrons. The Morgan fingerprint density at radius 2 is 1.90 bits per heavy atom. The minimum absolute atomic E-state index is 0.0851.